The number of aromatic hydroxyl groups is 2. The molecule has 0 aliphatic rings. The molecule has 0 spiro atoms. The molecule has 8 aromatic rings. The molecule has 0 fully saturated rings. The number of aromatic nitrogens is 6. The van der Waals surface area contributed by atoms with E-state index < -0.39 is 154 Å². The molecule has 436 valence electrons. The predicted octanol–water partition coefficient (Wildman–Crippen LogP) is 5.76. The van der Waals surface area contributed by atoms with Crippen molar-refractivity contribution in [1.29, 1.82) is 0 Å². The monoisotopic (exact) mass is 1270 g/mol. The fourth-order valence-electron chi connectivity index (χ4n) is 7.29. The number of nitrogens with zero attached hydrogens (tertiary/aromatic N) is 10. The molecule has 6 aromatic carbocycles. The van der Waals surface area contributed by atoms with Crippen molar-refractivity contribution >= 4 is 140 Å². The molecule has 42 heteroatoms. The Balaban J connectivity index is 0.976. The number of fused-ring (bicyclic) bond motifs is 2. The number of halogens is 2. The fraction of sp³-hybridized carbons (Fsp3) is 0.0732. The summed E-state index contributed by atoms with van der Waals surface area (Å²) in [6, 6.07) is 11.1. The van der Waals surface area contributed by atoms with Crippen LogP contribution in [-0.4, -0.2) is 131 Å². The third kappa shape index (κ3) is 14.1. The normalized spacial score (nSPS) is 13.2. The van der Waals surface area contributed by atoms with Gasteiger partial charge in [0.05, 0.1) is 9.79 Å². The second-order valence-corrected chi connectivity index (χ2v) is 25.1. The minimum absolute atomic E-state index is 0.00434. The maximum atomic E-state index is 14.8. The van der Waals surface area contributed by atoms with Crippen LogP contribution in [0.2, 0.25) is 0 Å². The van der Waals surface area contributed by atoms with Gasteiger partial charge in [-0.25, -0.2) is 0 Å². The smallest absolute Gasteiger partial charge is 0.315 e. The van der Waals surface area contributed by atoms with Crippen LogP contribution in [0.1, 0.15) is 6.92 Å². The molecule has 0 radical (unpaired) electrons. The van der Waals surface area contributed by atoms with E-state index in [2.05, 4.69) is 71.6 Å². The van der Waals surface area contributed by atoms with Gasteiger partial charge in [0.1, 0.15) is 42.3 Å². The Morgan fingerprint density at radius 1 is 0.446 bits per heavy atom. The van der Waals surface area contributed by atoms with Crippen molar-refractivity contribution in [2.24, 2.45) is 20.5 Å². The highest BCUT2D eigenvalue weighted by Gasteiger charge is 2.27. The molecular weight excluding hydrogens is 1240 g/mol. The van der Waals surface area contributed by atoms with Gasteiger partial charge in [0, 0.05) is 34.7 Å². The minimum atomic E-state index is -5.31. The van der Waals surface area contributed by atoms with Crippen LogP contribution in [0, 0.1) is 12.2 Å². The molecule has 0 bridgehead atoms. The molecule has 0 saturated carbocycles. The van der Waals surface area contributed by atoms with Gasteiger partial charge in [0.2, 0.25) is 23.8 Å². The lowest BCUT2D eigenvalue weighted by Gasteiger charge is -2.16. The molecule has 0 saturated heterocycles. The van der Waals surface area contributed by atoms with Crippen LogP contribution in [0.15, 0.2) is 135 Å². The van der Waals surface area contributed by atoms with Gasteiger partial charge in [-0.1, -0.05) is 0 Å². The van der Waals surface area contributed by atoms with Crippen molar-refractivity contribution in [3.63, 3.8) is 0 Å². The number of phenols is 2. The zero-order valence-electron chi connectivity index (χ0n) is 40.5. The molecule has 34 nitrogen and oxygen atoms in total. The summed E-state index contributed by atoms with van der Waals surface area (Å²) in [5, 5.41) is 46.3. The van der Waals surface area contributed by atoms with Crippen LogP contribution in [0.4, 0.5) is 66.7 Å². The summed E-state index contributed by atoms with van der Waals surface area (Å²) in [7, 11) is -30.9. The van der Waals surface area contributed by atoms with Crippen LogP contribution in [-0.2, 0) is 60.7 Å². The molecule has 1 atom stereocenters. The van der Waals surface area contributed by atoms with Gasteiger partial charge in [-0.3, -0.25) is 27.3 Å². The summed E-state index contributed by atoms with van der Waals surface area (Å²) in [6.07, 6.45) is -2.66. The van der Waals surface area contributed by atoms with Crippen LogP contribution in [0.3, 0.4) is 0 Å². The maximum Gasteiger partial charge on any atom is 0.315 e. The lowest BCUT2D eigenvalue weighted by Crippen LogP contribution is -2.27. The Bertz CT molecular complexity index is 4820. The summed E-state index contributed by atoms with van der Waals surface area (Å²) in [6.45, 7) is 1.36. The summed E-state index contributed by atoms with van der Waals surface area (Å²) in [4.78, 5) is 16.2. The standard InChI is InChI=1S/C41H32F2N14O20S6/c1-17(45-39-49-37(43)51-41(53-39)47-21-3-7-25-19(11-21)13-31(83(75,76)77)33(35(25)59)57-55-27-15-23(79(63,64)65)5-9-29(27)81(69,70)71)16-44-38-48-36(42)50-40(52-38)46-20-2-6-24-18(10-20)12-30(82(72,73)74)32(34(24)58)56-54-26-14-22(78(60,61)62)4-8-28(26)80(66,67)68/h2-15,17,58-59H,16H2,1H3,(H,60,61,62)(H,63,64,65)(H,66,67,68)(H,69,70,71)(H,72,73,74)(H,75,76,77)(H2,44,46,48,50,52)(H2,45,47,49,51,53). The van der Waals surface area contributed by atoms with Crippen molar-refractivity contribution in [1.82, 2.24) is 29.9 Å². The summed E-state index contributed by atoms with van der Waals surface area (Å²) >= 11 is 0. The number of rotatable bonds is 19. The number of azo groups is 2. The largest absolute Gasteiger partial charge is 0.505 e. The van der Waals surface area contributed by atoms with Gasteiger partial charge in [0.25, 0.3) is 60.7 Å². The Labute approximate surface area is 463 Å². The first-order valence-electron chi connectivity index (χ1n) is 21.9. The van der Waals surface area contributed by atoms with Gasteiger partial charge in [0.15, 0.2) is 11.5 Å². The van der Waals surface area contributed by atoms with Crippen LogP contribution < -0.4 is 21.3 Å². The average molecular weight is 1270 g/mol. The first-order chi connectivity index (χ1) is 38.4. The third-order valence-electron chi connectivity index (χ3n) is 10.9. The SMILES string of the molecule is CC(CNc1nc(F)nc(Nc2ccc3c(O)c(N=Nc4cc(S(=O)(=O)O)ccc4S(=O)(=O)O)c(S(=O)(=O)O)cc3c2)n1)Nc1nc(F)nc(Nc2ccc3c(O)c(N=Nc4cc(S(=O)(=O)O)ccc4S(=O)(=O)O)c(S(=O)(=O)O)cc3c2)n1. The number of hydrogen-bond acceptors (Lipinski definition) is 28. The van der Waals surface area contributed by atoms with Gasteiger partial charge >= 0.3 is 12.2 Å². The number of anilines is 6. The van der Waals surface area contributed by atoms with Crippen LogP contribution >= 0.6 is 0 Å². The molecule has 0 aliphatic heterocycles. The molecule has 2 heterocycles. The van der Waals surface area contributed by atoms with Crippen molar-refractivity contribution in [3.8, 4) is 11.5 Å². The van der Waals surface area contributed by atoms with E-state index in [1.165, 1.54) is 43.3 Å². The quantitative estimate of drug-likeness (QED) is 0.0338. The first-order valence-corrected chi connectivity index (χ1v) is 30.5. The van der Waals surface area contributed by atoms with Gasteiger partial charge in [-0.05, 0) is 103 Å². The third-order valence-corrected chi connectivity index (χ3v) is 16.1. The van der Waals surface area contributed by atoms with Crippen molar-refractivity contribution < 1.29 is 96.8 Å². The second-order valence-electron chi connectivity index (χ2n) is 16.7. The van der Waals surface area contributed by atoms with E-state index in [9.17, 15) is 96.8 Å². The second kappa shape index (κ2) is 22.2. The number of hydrogen-bond donors (Lipinski definition) is 12. The molecule has 0 aliphatic carbocycles. The van der Waals surface area contributed by atoms with Crippen molar-refractivity contribution in [2.75, 3.05) is 27.8 Å². The van der Waals surface area contributed by atoms with Crippen molar-refractivity contribution in [2.45, 2.75) is 42.3 Å². The van der Waals surface area contributed by atoms with Gasteiger partial charge in [-0.2, -0.15) is 89.2 Å². The van der Waals surface area contributed by atoms with E-state index in [1.54, 1.807) is 0 Å². The van der Waals surface area contributed by atoms with Gasteiger partial charge < -0.3 is 31.5 Å². The van der Waals surface area contributed by atoms with Crippen LogP contribution in [0.25, 0.3) is 21.5 Å². The molecule has 12 N–H and O–H groups in total. The molecular formula is C41H32F2N14O20S6. The molecule has 8 rings (SSSR count). The zero-order chi connectivity index (χ0) is 60.9. The van der Waals surface area contributed by atoms with E-state index in [4.69, 9.17) is 0 Å². The summed E-state index contributed by atoms with van der Waals surface area (Å²) < 4.78 is 232. The highest BCUT2D eigenvalue weighted by Crippen LogP contribution is 2.45. The zero-order valence-corrected chi connectivity index (χ0v) is 45.4. The Hall–Kier alpha value is -8.82. The summed E-state index contributed by atoms with van der Waals surface area (Å²) in [5.74, 6) is -3.64. The van der Waals surface area contributed by atoms with Crippen LogP contribution in [0.5, 0.6) is 11.5 Å². The van der Waals surface area contributed by atoms with E-state index >= 15 is 0 Å². The highest BCUT2D eigenvalue weighted by atomic mass is 32.2. The lowest BCUT2D eigenvalue weighted by atomic mass is 10.1. The molecule has 83 heavy (non-hydrogen) atoms. The average Bonchev–Trinajstić information content (AvgIpc) is 3.43. The highest BCUT2D eigenvalue weighted by molar-refractivity contribution is 7.87. The van der Waals surface area contributed by atoms with E-state index in [1.807, 2.05) is 0 Å². The lowest BCUT2D eigenvalue weighted by molar-refractivity contribution is 0.471. The van der Waals surface area contributed by atoms with Crippen molar-refractivity contribution in [3.05, 3.63) is 97.1 Å². The Morgan fingerprint density at radius 2 is 0.819 bits per heavy atom. The number of nitrogens with one attached hydrogen (secondary N) is 4. The summed E-state index contributed by atoms with van der Waals surface area (Å²) in [5.41, 5.74) is -3.89. The maximum absolute atomic E-state index is 14.8. The van der Waals surface area contributed by atoms with E-state index in [0.717, 1.165) is 12.1 Å². The van der Waals surface area contributed by atoms with Gasteiger partial charge in [-0.15, -0.1) is 20.5 Å². The first kappa shape index (κ1) is 60.3. The molecule has 2 aromatic heterocycles. The fourth-order valence-corrected chi connectivity index (χ4v) is 10.8. The number of phenolic OH excluding ortho intramolecular Hbond substituents is 2. The molecule has 1 unspecified atom stereocenters. The Kier molecular flexibility index (Phi) is 16.1. The number of benzene rings is 6. The minimum Gasteiger partial charge on any atom is -0.505 e. The molecule has 0 amide bonds. The van der Waals surface area contributed by atoms with E-state index in [-0.39, 0.29) is 51.4 Å². The van der Waals surface area contributed by atoms with E-state index in [0.29, 0.717) is 36.4 Å². The predicted molar refractivity (Wildman–Crippen MR) is 279 cm³/mol. The topological polar surface area (TPSA) is 542 Å². The Morgan fingerprint density at radius 3 is 1.20 bits per heavy atom.